The molecular formula is C5H12ClNaO9S. The van der Waals surface area contributed by atoms with Gasteiger partial charge in [-0.05, 0) is 0 Å². The van der Waals surface area contributed by atoms with Crippen LogP contribution in [0.1, 0.15) is 0 Å². The van der Waals surface area contributed by atoms with Gasteiger partial charge in [-0.3, -0.25) is 9.11 Å². The van der Waals surface area contributed by atoms with E-state index in [0.29, 0.717) is 0 Å². The Morgan fingerprint density at radius 1 is 1.12 bits per heavy atom. The number of rotatable bonds is 4. The number of aliphatic hydroxyl groups is 4. The van der Waals surface area contributed by atoms with Crippen molar-refractivity contribution in [3.8, 4) is 0 Å². The van der Waals surface area contributed by atoms with Crippen molar-refractivity contribution in [1.82, 2.24) is 0 Å². The van der Waals surface area contributed by atoms with Crippen molar-refractivity contribution >= 4 is 16.7 Å². The molecule has 17 heavy (non-hydrogen) atoms. The van der Waals surface area contributed by atoms with Crippen molar-refractivity contribution in [2.45, 2.75) is 18.3 Å². The van der Waals surface area contributed by atoms with Crippen molar-refractivity contribution in [2.24, 2.45) is 0 Å². The molecule has 0 unspecified atom stereocenters. The maximum atomic E-state index is 9.76. The van der Waals surface area contributed by atoms with Crippen LogP contribution in [0.4, 0.5) is 0 Å². The number of carbonyl (C=O) groups excluding carboxylic acids is 1. The third kappa shape index (κ3) is 22.3. The summed E-state index contributed by atoms with van der Waals surface area (Å²) >= 11 is 0. The predicted molar refractivity (Wildman–Crippen MR) is 45.3 cm³/mol. The minimum absolute atomic E-state index is 0. The Bertz CT molecular complexity index is 263. The second kappa shape index (κ2) is 13.1. The first-order valence-corrected chi connectivity index (χ1v) is 4.83. The van der Waals surface area contributed by atoms with Gasteiger partial charge in [-0.2, -0.15) is 8.42 Å². The summed E-state index contributed by atoms with van der Waals surface area (Å²) < 4.78 is 31.6. The molecule has 0 rings (SSSR count). The van der Waals surface area contributed by atoms with E-state index in [1.807, 2.05) is 0 Å². The van der Waals surface area contributed by atoms with Crippen LogP contribution in [-0.2, 0) is 15.2 Å². The Morgan fingerprint density at radius 2 is 1.41 bits per heavy atom. The molecule has 0 aromatic heterocycles. The Balaban J connectivity index is -0.000000105. The first kappa shape index (κ1) is 26.3. The number of hydrogen-bond acceptors (Lipinski definition) is 7. The van der Waals surface area contributed by atoms with Gasteiger partial charge < -0.3 is 37.6 Å². The van der Waals surface area contributed by atoms with E-state index in [9.17, 15) is 4.79 Å². The molecule has 0 bridgehead atoms. The molecule has 0 spiro atoms. The van der Waals surface area contributed by atoms with E-state index >= 15 is 0 Å². The molecule has 0 aromatic carbocycles. The van der Waals surface area contributed by atoms with Crippen LogP contribution < -0.4 is 42.0 Å². The SMILES string of the molecule is O=C[C@H](O)[C@@H](O)[C@H](O)CO.O=S(=O)(O)O.[Cl-].[Na+]. The summed E-state index contributed by atoms with van der Waals surface area (Å²) in [6.07, 6.45) is -4.63. The van der Waals surface area contributed by atoms with Crippen LogP contribution in [0.5, 0.6) is 0 Å². The van der Waals surface area contributed by atoms with Gasteiger partial charge >= 0.3 is 40.0 Å². The molecule has 0 heterocycles. The fourth-order valence-corrected chi connectivity index (χ4v) is 0.416. The molecule has 12 heteroatoms. The van der Waals surface area contributed by atoms with Crippen molar-refractivity contribution < 1.29 is 84.7 Å². The van der Waals surface area contributed by atoms with Crippen LogP contribution in [0.25, 0.3) is 0 Å². The van der Waals surface area contributed by atoms with Crippen LogP contribution in [0.3, 0.4) is 0 Å². The van der Waals surface area contributed by atoms with Gasteiger partial charge in [0.2, 0.25) is 0 Å². The summed E-state index contributed by atoms with van der Waals surface area (Å²) in [5, 5.41) is 34.1. The monoisotopic (exact) mass is 306 g/mol. The molecule has 0 saturated carbocycles. The van der Waals surface area contributed by atoms with Crippen molar-refractivity contribution in [3.05, 3.63) is 0 Å². The zero-order valence-corrected chi connectivity index (χ0v) is 12.3. The topological polar surface area (TPSA) is 173 Å². The van der Waals surface area contributed by atoms with Crippen molar-refractivity contribution in [1.29, 1.82) is 0 Å². The quantitative estimate of drug-likeness (QED) is 0.167. The first-order valence-electron chi connectivity index (χ1n) is 3.43. The van der Waals surface area contributed by atoms with E-state index in [2.05, 4.69) is 0 Å². The van der Waals surface area contributed by atoms with Crippen molar-refractivity contribution in [2.75, 3.05) is 6.61 Å². The van der Waals surface area contributed by atoms with Crippen LogP contribution in [0.15, 0.2) is 0 Å². The zero-order valence-electron chi connectivity index (χ0n) is 8.71. The largest absolute Gasteiger partial charge is 1.00 e. The summed E-state index contributed by atoms with van der Waals surface area (Å²) in [5.41, 5.74) is 0. The molecule has 0 fully saturated rings. The maximum Gasteiger partial charge on any atom is 1.00 e. The van der Waals surface area contributed by atoms with E-state index in [0.717, 1.165) is 0 Å². The van der Waals surface area contributed by atoms with E-state index in [-0.39, 0.29) is 48.3 Å². The summed E-state index contributed by atoms with van der Waals surface area (Å²) in [6, 6.07) is 0. The maximum absolute atomic E-state index is 9.76. The third-order valence-corrected chi connectivity index (χ3v) is 1.07. The first-order chi connectivity index (χ1) is 6.63. The number of hydrogen-bond donors (Lipinski definition) is 6. The number of halogens is 1. The Hall–Kier alpha value is 0.670. The van der Waals surface area contributed by atoms with Gasteiger partial charge in [-0.1, -0.05) is 0 Å². The fourth-order valence-electron chi connectivity index (χ4n) is 0.416. The normalized spacial score (nSPS) is 14.9. The summed E-state index contributed by atoms with van der Waals surface area (Å²) in [7, 11) is -4.67. The van der Waals surface area contributed by atoms with E-state index < -0.39 is 35.3 Å². The van der Waals surface area contributed by atoms with Gasteiger partial charge in [0.15, 0.2) is 6.29 Å². The fraction of sp³-hybridized carbons (Fsp3) is 0.800. The van der Waals surface area contributed by atoms with E-state index in [1.165, 1.54) is 0 Å². The second-order valence-electron chi connectivity index (χ2n) is 2.32. The molecule has 100 valence electrons. The summed E-state index contributed by atoms with van der Waals surface area (Å²) in [5.74, 6) is 0. The molecule has 0 aromatic rings. The molecule has 0 amide bonds. The number of carbonyl (C=O) groups is 1. The van der Waals surface area contributed by atoms with E-state index in [4.69, 9.17) is 37.9 Å². The molecule has 0 radical (unpaired) electrons. The zero-order chi connectivity index (χ0) is 12.6. The number of aldehydes is 1. The van der Waals surface area contributed by atoms with Crippen LogP contribution in [0.2, 0.25) is 0 Å². The minimum Gasteiger partial charge on any atom is -1.00 e. The molecule has 3 atom stereocenters. The molecular weight excluding hydrogens is 295 g/mol. The average molecular weight is 307 g/mol. The Labute approximate surface area is 126 Å². The standard InChI is InChI=1S/C5H10O5.ClH.Na.H2O4S/c6-1-3(8)5(10)4(9)2-7;;;1-5(2,3)4/h1,3-5,7-10H,2H2;1H;;(H2,1,2,3,4)/q;;+1;/p-1/t3-,4+,5+;;;/m0.../s1. The van der Waals surface area contributed by atoms with Gasteiger partial charge in [0.05, 0.1) is 6.61 Å². The molecule has 0 aliphatic heterocycles. The van der Waals surface area contributed by atoms with Crippen LogP contribution >= 0.6 is 0 Å². The van der Waals surface area contributed by atoms with Gasteiger partial charge in [0.25, 0.3) is 0 Å². The molecule has 6 N–H and O–H groups in total. The summed E-state index contributed by atoms with van der Waals surface area (Å²) in [6.45, 7) is -0.688. The average Bonchev–Trinajstić information content (AvgIpc) is 2.11. The number of aliphatic hydroxyl groups excluding tert-OH is 4. The van der Waals surface area contributed by atoms with Gasteiger partial charge in [0.1, 0.15) is 18.3 Å². The molecule has 0 aliphatic carbocycles. The van der Waals surface area contributed by atoms with Gasteiger partial charge in [-0.15, -0.1) is 0 Å². The third-order valence-electron chi connectivity index (χ3n) is 1.07. The Kier molecular flexibility index (Phi) is 20.3. The van der Waals surface area contributed by atoms with Crippen LogP contribution in [0, 0.1) is 0 Å². The minimum atomic E-state index is -4.67. The Morgan fingerprint density at radius 3 is 1.59 bits per heavy atom. The molecule has 0 aliphatic rings. The van der Waals surface area contributed by atoms with Crippen LogP contribution in [-0.4, -0.2) is 69.2 Å². The van der Waals surface area contributed by atoms with E-state index in [1.54, 1.807) is 0 Å². The van der Waals surface area contributed by atoms with Gasteiger partial charge in [0, 0.05) is 0 Å². The molecule has 9 nitrogen and oxygen atoms in total. The smallest absolute Gasteiger partial charge is 1.00 e. The van der Waals surface area contributed by atoms with Gasteiger partial charge in [-0.25, -0.2) is 0 Å². The molecule has 0 saturated heterocycles. The summed E-state index contributed by atoms with van der Waals surface area (Å²) in [4.78, 5) is 9.76. The second-order valence-corrected chi connectivity index (χ2v) is 3.21. The predicted octanol–water partition coefficient (Wildman–Crippen LogP) is -9.38. The van der Waals surface area contributed by atoms with Crippen molar-refractivity contribution in [3.63, 3.8) is 0 Å².